The summed E-state index contributed by atoms with van der Waals surface area (Å²) >= 11 is 1.77. The lowest BCUT2D eigenvalue weighted by Gasteiger charge is -2.06. The molecule has 0 saturated heterocycles. The molecule has 0 aliphatic heterocycles. The summed E-state index contributed by atoms with van der Waals surface area (Å²) in [4.78, 5) is 0. The number of nitrogens with zero attached hydrogens (tertiary/aromatic N) is 4. The van der Waals surface area contributed by atoms with Gasteiger partial charge in [0.15, 0.2) is 5.54 Å². The Balaban J connectivity index is 2.05. The molecule has 1 aliphatic rings. The van der Waals surface area contributed by atoms with Gasteiger partial charge in [0.05, 0.1) is 24.0 Å². The molecule has 0 spiro atoms. The van der Waals surface area contributed by atoms with Crippen molar-refractivity contribution in [3.05, 3.63) is 11.9 Å². The fourth-order valence-electron chi connectivity index (χ4n) is 1.56. The third-order valence-corrected chi connectivity index (χ3v) is 3.54. The van der Waals surface area contributed by atoms with Gasteiger partial charge in [-0.3, -0.25) is 0 Å². The number of hydrogen-bond donors (Lipinski definition) is 1. The minimum Gasteiger partial charge on any atom is -0.323 e. The van der Waals surface area contributed by atoms with Gasteiger partial charge in [0.1, 0.15) is 0 Å². The highest BCUT2D eigenvalue weighted by Gasteiger charge is 2.46. The Morgan fingerprint density at radius 3 is 3.06 bits per heavy atom. The lowest BCUT2D eigenvalue weighted by atomic mass is 10.2. The zero-order chi connectivity index (χ0) is 11.6. The maximum Gasteiger partial charge on any atom is 0.150 e. The van der Waals surface area contributed by atoms with Crippen LogP contribution in [0.3, 0.4) is 0 Å². The number of rotatable bonds is 5. The Bertz CT molecular complexity index is 404. The fourth-order valence-corrected chi connectivity index (χ4v) is 2.05. The van der Waals surface area contributed by atoms with E-state index in [1.807, 2.05) is 6.20 Å². The van der Waals surface area contributed by atoms with E-state index in [-0.39, 0.29) is 6.04 Å². The molecule has 0 aromatic carbocycles. The Kier molecular flexibility index (Phi) is 3.17. The molecule has 0 amide bonds. The molecule has 1 heterocycles. The molecule has 2 N–H and O–H groups in total. The molecule has 6 heteroatoms. The predicted octanol–water partition coefficient (Wildman–Crippen LogP) is 1.04. The first-order valence-corrected chi connectivity index (χ1v) is 6.70. The van der Waals surface area contributed by atoms with Gasteiger partial charge in [-0.15, -0.1) is 5.10 Å². The first-order chi connectivity index (χ1) is 7.72. The highest BCUT2D eigenvalue weighted by molar-refractivity contribution is 7.98. The summed E-state index contributed by atoms with van der Waals surface area (Å²) < 4.78 is 1.67. The highest BCUT2D eigenvalue weighted by atomic mass is 32.2. The van der Waals surface area contributed by atoms with Crippen LogP contribution in [0.4, 0.5) is 0 Å². The van der Waals surface area contributed by atoms with Crippen molar-refractivity contribution in [3.8, 4) is 6.07 Å². The van der Waals surface area contributed by atoms with E-state index >= 15 is 0 Å². The Morgan fingerprint density at radius 1 is 1.75 bits per heavy atom. The van der Waals surface area contributed by atoms with Crippen molar-refractivity contribution in [1.29, 1.82) is 5.26 Å². The number of hydrogen-bond acceptors (Lipinski definition) is 5. The van der Waals surface area contributed by atoms with Crippen LogP contribution in [0.1, 0.15) is 31.0 Å². The summed E-state index contributed by atoms with van der Waals surface area (Å²) in [6, 6.07) is 2.21. The van der Waals surface area contributed by atoms with E-state index in [9.17, 15) is 0 Å². The van der Waals surface area contributed by atoms with Crippen molar-refractivity contribution in [1.82, 2.24) is 15.0 Å². The monoisotopic (exact) mass is 237 g/mol. The molecule has 0 unspecified atom stereocenters. The van der Waals surface area contributed by atoms with Crippen LogP contribution >= 0.6 is 11.8 Å². The molecule has 0 radical (unpaired) electrons. The summed E-state index contributed by atoms with van der Waals surface area (Å²) in [5.74, 6) is 1.01. The van der Waals surface area contributed by atoms with Crippen LogP contribution in [0.15, 0.2) is 6.20 Å². The molecule has 86 valence electrons. The van der Waals surface area contributed by atoms with Crippen LogP contribution < -0.4 is 5.73 Å². The zero-order valence-electron chi connectivity index (χ0n) is 9.26. The van der Waals surface area contributed by atoms with Crippen LogP contribution in [-0.2, 0) is 5.54 Å². The van der Waals surface area contributed by atoms with E-state index in [4.69, 9.17) is 11.0 Å². The molecular formula is C10H15N5S. The largest absolute Gasteiger partial charge is 0.323 e. The lowest BCUT2D eigenvalue weighted by Crippen LogP contribution is -2.15. The molecule has 1 saturated carbocycles. The Morgan fingerprint density at radius 2 is 2.50 bits per heavy atom. The van der Waals surface area contributed by atoms with Crippen molar-refractivity contribution < 1.29 is 0 Å². The van der Waals surface area contributed by atoms with E-state index in [1.54, 1.807) is 16.4 Å². The van der Waals surface area contributed by atoms with Gasteiger partial charge >= 0.3 is 0 Å². The van der Waals surface area contributed by atoms with E-state index in [1.165, 1.54) is 0 Å². The molecule has 1 aromatic heterocycles. The van der Waals surface area contributed by atoms with Crippen LogP contribution in [-0.4, -0.2) is 27.0 Å². The van der Waals surface area contributed by atoms with E-state index < -0.39 is 5.54 Å². The molecule has 1 atom stereocenters. The lowest BCUT2D eigenvalue weighted by molar-refractivity contribution is 0.516. The number of aromatic nitrogens is 3. The van der Waals surface area contributed by atoms with Crippen molar-refractivity contribution >= 4 is 11.8 Å². The third kappa shape index (κ3) is 2.06. The quantitative estimate of drug-likeness (QED) is 0.827. The predicted molar refractivity (Wildman–Crippen MR) is 62.8 cm³/mol. The van der Waals surface area contributed by atoms with Gasteiger partial charge in [-0.05, 0) is 31.3 Å². The fraction of sp³-hybridized carbons (Fsp3) is 0.700. The molecule has 5 nitrogen and oxygen atoms in total. The molecule has 0 bridgehead atoms. The maximum absolute atomic E-state index is 9.03. The average molecular weight is 237 g/mol. The SMILES string of the molecule is CSCC[C@H](N)c1cn(C2(C#N)CC2)nn1. The number of nitrogens with two attached hydrogens (primary N) is 1. The zero-order valence-corrected chi connectivity index (χ0v) is 10.1. The second-order valence-corrected chi connectivity index (χ2v) is 5.10. The molecule has 2 rings (SSSR count). The van der Waals surface area contributed by atoms with Crippen molar-refractivity contribution in [3.63, 3.8) is 0 Å². The Labute approximate surface area is 99.0 Å². The van der Waals surface area contributed by atoms with Gasteiger partial charge in [0.2, 0.25) is 0 Å². The summed E-state index contributed by atoms with van der Waals surface area (Å²) in [6.07, 6.45) is 6.50. The third-order valence-electron chi connectivity index (χ3n) is 2.89. The molecule has 1 aromatic rings. The van der Waals surface area contributed by atoms with E-state index in [0.717, 1.165) is 30.7 Å². The van der Waals surface area contributed by atoms with Crippen LogP contribution in [0, 0.1) is 11.3 Å². The van der Waals surface area contributed by atoms with Crippen molar-refractivity contribution in [2.45, 2.75) is 30.8 Å². The summed E-state index contributed by atoms with van der Waals surface area (Å²) in [6.45, 7) is 0. The van der Waals surface area contributed by atoms with Gasteiger partial charge in [0.25, 0.3) is 0 Å². The van der Waals surface area contributed by atoms with Crippen LogP contribution in [0.5, 0.6) is 0 Å². The Hall–Kier alpha value is -1.06. The van der Waals surface area contributed by atoms with Crippen molar-refractivity contribution in [2.75, 3.05) is 12.0 Å². The van der Waals surface area contributed by atoms with E-state index in [0.29, 0.717) is 0 Å². The van der Waals surface area contributed by atoms with Gasteiger partial charge in [-0.2, -0.15) is 17.0 Å². The summed E-state index contributed by atoms with van der Waals surface area (Å²) in [7, 11) is 0. The van der Waals surface area contributed by atoms with Crippen LogP contribution in [0.2, 0.25) is 0 Å². The van der Waals surface area contributed by atoms with Crippen LogP contribution in [0.25, 0.3) is 0 Å². The normalized spacial score (nSPS) is 19.1. The average Bonchev–Trinajstić information content (AvgIpc) is 2.95. The second-order valence-electron chi connectivity index (χ2n) is 4.12. The second kappa shape index (κ2) is 4.44. The smallest absolute Gasteiger partial charge is 0.150 e. The highest BCUT2D eigenvalue weighted by Crippen LogP contribution is 2.42. The minimum absolute atomic E-state index is 0.0734. The van der Waals surface area contributed by atoms with Gasteiger partial charge in [-0.25, -0.2) is 4.68 Å². The van der Waals surface area contributed by atoms with Gasteiger partial charge in [0, 0.05) is 0 Å². The standard InChI is InChI=1S/C10H15N5S/c1-16-5-2-8(12)9-6-15(14-13-9)10(7-11)3-4-10/h6,8H,2-5,12H2,1H3/t8-/m0/s1. The molecule has 1 aliphatic carbocycles. The number of nitriles is 1. The number of thioether (sulfide) groups is 1. The molecule has 16 heavy (non-hydrogen) atoms. The first-order valence-electron chi connectivity index (χ1n) is 5.30. The van der Waals surface area contributed by atoms with Crippen molar-refractivity contribution in [2.24, 2.45) is 5.73 Å². The molecular weight excluding hydrogens is 222 g/mol. The maximum atomic E-state index is 9.03. The van der Waals surface area contributed by atoms with E-state index in [2.05, 4.69) is 22.6 Å². The first kappa shape index (κ1) is 11.4. The summed E-state index contributed by atoms with van der Waals surface area (Å²) in [5.41, 5.74) is 6.35. The van der Waals surface area contributed by atoms with Gasteiger partial charge in [-0.1, -0.05) is 5.21 Å². The minimum atomic E-state index is -0.426. The van der Waals surface area contributed by atoms with Gasteiger partial charge < -0.3 is 5.73 Å². The molecule has 1 fully saturated rings. The topological polar surface area (TPSA) is 80.5 Å². The summed E-state index contributed by atoms with van der Waals surface area (Å²) in [5, 5.41) is 17.1.